The highest BCUT2D eigenvalue weighted by molar-refractivity contribution is 7.15. The van der Waals surface area contributed by atoms with Crippen molar-refractivity contribution in [3.8, 4) is 0 Å². The van der Waals surface area contributed by atoms with Gasteiger partial charge in [0.05, 0.1) is 13.2 Å². The van der Waals surface area contributed by atoms with Crippen LogP contribution in [-0.2, 0) is 9.47 Å². The van der Waals surface area contributed by atoms with E-state index in [1.807, 2.05) is 14.0 Å². The lowest BCUT2D eigenvalue weighted by molar-refractivity contribution is 0.0519. The summed E-state index contributed by atoms with van der Waals surface area (Å²) in [6.45, 7) is 7.30. The summed E-state index contributed by atoms with van der Waals surface area (Å²) in [4.78, 5) is 19.0. The van der Waals surface area contributed by atoms with Crippen LogP contribution in [0.1, 0.15) is 22.3 Å². The van der Waals surface area contributed by atoms with Crippen LogP contribution < -0.4 is 5.32 Å². The van der Waals surface area contributed by atoms with Gasteiger partial charge in [-0.1, -0.05) is 0 Å². The van der Waals surface area contributed by atoms with Gasteiger partial charge in [0.1, 0.15) is 0 Å². The lowest BCUT2D eigenvalue weighted by Crippen LogP contribution is -2.28. The molecular formula is C13H23N3O3S. The topological polar surface area (TPSA) is 63.7 Å². The minimum absolute atomic E-state index is 0.355. The third-order valence-electron chi connectivity index (χ3n) is 2.71. The highest BCUT2D eigenvalue weighted by Gasteiger charge is 2.16. The minimum atomic E-state index is -0.355. The first-order valence-electron chi connectivity index (χ1n) is 6.64. The Hall–Kier alpha value is -1.18. The molecule has 0 saturated heterocycles. The fourth-order valence-corrected chi connectivity index (χ4v) is 2.40. The number of methoxy groups -OCH3 is 1. The van der Waals surface area contributed by atoms with Crippen molar-refractivity contribution in [3.63, 3.8) is 0 Å². The molecule has 7 heteroatoms. The smallest absolute Gasteiger partial charge is 0.358 e. The maximum atomic E-state index is 11.7. The van der Waals surface area contributed by atoms with E-state index >= 15 is 0 Å². The Morgan fingerprint density at radius 3 is 2.85 bits per heavy atom. The largest absolute Gasteiger partial charge is 0.461 e. The van der Waals surface area contributed by atoms with Crippen LogP contribution in [0.2, 0.25) is 0 Å². The monoisotopic (exact) mass is 301 g/mol. The van der Waals surface area contributed by atoms with Gasteiger partial charge in [0.15, 0.2) is 10.8 Å². The van der Waals surface area contributed by atoms with Crippen LogP contribution in [0.25, 0.3) is 0 Å². The van der Waals surface area contributed by atoms with Crippen molar-refractivity contribution < 1.29 is 14.3 Å². The van der Waals surface area contributed by atoms with Gasteiger partial charge >= 0.3 is 5.97 Å². The molecule has 0 atom stereocenters. The maximum absolute atomic E-state index is 11.7. The number of carbonyl (C=O) groups is 1. The van der Waals surface area contributed by atoms with Crippen LogP contribution in [0.3, 0.4) is 0 Å². The SMILES string of the molecule is CCOC(=O)c1nc(NCCN(C)CCOC)sc1C. The van der Waals surface area contributed by atoms with Crippen molar-refractivity contribution in [2.75, 3.05) is 52.3 Å². The average molecular weight is 301 g/mol. The number of hydrogen-bond donors (Lipinski definition) is 1. The summed E-state index contributed by atoms with van der Waals surface area (Å²) >= 11 is 1.47. The van der Waals surface area contributed by atoms with Crippen LogP contribution in [0, 0.1) is 6.92 Å². The standard InChI is InChI=1S/C13H23N3O3S/c1-5-19-12(17)11-10(2)20-13(15-11)14-6-7-16(3)8-9-18-4/h5-9H2,1-4H3,(H,14,15). The molecule has 0 aromatic carbocycles. The molecule has 20 heavy (non-hydrogen) atoms. The van der Waals surface area contributed by atoms with E-state index in [1.54, 1.807) is 14.0 Å². The lowest BCUT2D eigenvalue weighted by Gasteiger charge is -2.15. The molecule has 1 rings (SSSR count). The number of nitrogens with zero attached hydrogens (tertiary/aromatic N) is 2. The molecule has 0 bridgehead atoms. The molecule has 0 spiro atoms. The summed E-state index contributed by atoms with van der Waals surface area (Å²) in [6.07, 6.45) is 0. The first kappa shape index (κ1) is 16.9. The highest BCUT2D eigenvalue weighted by Crippen LogP contribution is 2.22. The van der Waals surface area contributed by atoms with Gasteiger partial charge in [-0.2, -0.15) is 0 Å². The fourth-order valence-electron chi connectivity index (χ4n) is 1.57. The normalized spacial score (nSPS) is 10.8. The molecule has 0 aliphatic carbocycles. The summed E-state index contributed by atoms with van der Waals surface area (Å²) in [5.74, 6) is -0.355. The number of anilines is 1. The Balaban J connectivity index is 2.41. The van der Waals surface area contributed by atoms with Crippen molar-refractivity contribution in [2.45, 2.75) is 13.8 Å². The van der Waals surface area contributed by atoms with E-state index in [-0.39, 0.29) is 5.97 Å². The molecule has 1 N–H and O–H groups in total. The summed E-state index contributed by atoms with van der Waals surface area (Å²) in [5.41, 5.74) is 0.409. The molecular weight excluding hydrogens is 278 g/mol. The number of carbonyl (C=O) groups excluding carboxylic acids is 1. The van der Waals surface area contributed by atoms with Crippen LogP contribution in [0.15, 0.2) is 0 Å². The number of likely N-dealkylation sites (N-methyl/N-ethyl adjacent to an activating group) is 1. The number of nitrogens with one attached hydrogen (secondary N) is 1. The molecule has 0 saturated carbocycles. The zero-order valence-corrected chi connectivity index (χ0v) is 13.4. The molecule has 1 heterocycles. The molecule has 6 nitrogen and oxygen atoms in total. The quantitative estimate of drug-likeness (QED) is 0.699. The Labute approximate surface area is 124 Å². The number of aryl methyl sites for hydroxylation is 1. The first-order chi connectivity index (χ1) is 9.58. The Morgan fingerprint density at radius 1 is 1.45 bits per heavy atom. The van der Waals surface area contributed by atoms with E-state index in [1.165, 1.54) is 11.3 Å². The van der Waals surface area contributed by atoms with E-state index < -0.39 is 0 Å². The average Bonchev–Trinajstić information content (AvgIpc) is 2.78. The second-order valence-corrected chi connectivity index (χ2v) is 5.57. The number of esters is 1. The molecule has 114 valence electrons. The second kappa shape index (κ2) is 8.89. The number of ether oxygens (including phenoxy) is 2. The Kier molecular flexibility index (Phi) is 7.50. The summed E-state index contributed by atoms with van der Waals surface area (Å²) < 4.78 is 9.99. The third-order valence-corrected chi connectivity index (χ3v) is 3.64. The summed E-state index contributed by atoms with van der Waals surface area (Å²) in [6, 6.07) is 0. The number of hydrogen-bond acceptors (Lipinski definition) is 7. The highest BCUT2D eigenvalue weighted by atomic mass is 32.1. The molecule has 1 aromatic rings. The maximum Gasteiger partial charge on any atom is 0.358 e. The van der Waals surface area contributed by atoms with Crippen molar-refractivity contribution in [2.24, 2.45) is 0 Å². The van der Waals surface area contributed by atoms with Crippen molar-refractivity contribution in [1.29, 1.82) is 0 Å². The van der Waals surface area contributed by atoms with Gasteiger partial charge in [-0.15, -0.1) is 11.3 Å². The lowest BCUT2D eigenvalue weighted by atomic mass is 10.4. The van der Waals surface area contributed by atoms with Crippen LogP contribution >= 0.6 is 11.3 Å². The van der Waals surface area contributed by atoms with E-state index in [2.05, 4.69) is 15.2 Å². The molecule has 0 amide bonds. The van der Waals surface area contributed by atoms with Crippen molar-refractivity contribution in [3.05, 3.63) is 10.6 Å². The zero-order chi connectivity index (χ0) is 15.0. The first-order valence-corrected chi connectivity index (χ1v) is 7.46. The predicted octanol–water partition coefficient (Wildman–Crippen LogP) is 1.62. The van der Waals surface area contributed by atoms with E-state index in [4.69, 9.17) is 9.47 Å². The molecule has 0 aliphatic rings. The van der Waals surface area contributed by atoms with Gasteiger partial charge in [-0.3, -0.25) is 0 Å². The van der Waals surface area contributed by atoms with E-state index in [0.29, 0.717) is 12.3 Å². The van der Waals surface area contributed by atoms with E-state index in [0.717, 1.165) is 36.2 Å². The minimum Gasteiger partial charge on any atom is -0.461 e. The molecule has 0 unspecified atom stereocenters. The second-order valence-electron chi connectivity index (χ2n) is 4.37. The van der Waals surface area contributed by atoms with Gasteiger partial charge in [0.2, 0.25) is 0 Å². The van der Waals surface area contributed by atoms with Gasteiger partial charge in [-0.25, -0.2) is 9.78 Å². The molecule has 0 fully saturated rings. The fraction of sp³-hybridized carbons (Fsp3) is 0.692. The van der Waals surface area contributed by atoms with Crippen LogP contribution in [0.4, 0.5) is 5.13 Å². The molecule has 1 aromatic heterocycles. The number of aromatic nitrogens is 1. The molecule has 0 radical (unpaired) electrons. The number of thiazole rings is 1. The predicted molar refractivity (Wildman–Crippen MR) is 80.7 cm³/mol. The van der Waals surface area contributed by atoms with Crippen LogP contribution in [-0.4, -0.2) is 62.9 Å². The van der Waals surface area contributed by atoms with Crippen LogP contribution in [0.5, 0.6) is 0 Å². The summed E-state index contributed by atoms with van der Waals surface area (Å²) in [5, 5.41) is 3.98. The van der Waals surface area contributed by atoms with Crippen molar-refractivity contribution >= 4 is 22.4 Å². The zero-order valence-electron chi connectivity index (χ0n) is 12.6. The number of rotatable bonds is 9. The Bertz CT molecular complexity index is 423. The van der Waals surface area contributed by atoms with Gasteiger partial charge in [-0.05, 0) is 20.9 Å². The van der Waals surface area contributed by atoms with E-state index in [9.17, 15) is 4.79 Å². The molecule has 0 aliphatic heterocycles. The third kappa shape index (κ3) is 5.44. The van der Waals surface area contributed by atoms with Gasteiger partial charge in [0, 0.05) is 31.6 Å². The summed E-state index contributed by atoms with van der Waals surface area (Å²) in [7, 11) is 3.74. The Morgan fingerprint density at radius 2 is 2.20 bits per heavy atom. The van der Waals surface area contributed by atoms with Gasteiger partial charge < -0.3 is 19.7 Å². The van der Waals surface area contributed by atoms with Gasteiger partial charge in [0.25, 0.3) is 0 Å². The van der Waals surface area contributed by atoms with Crippen molar-refractivity contribution in [1.82, 2.24) is 9.88 Å².